The summed E-state index contributed by atoms with van der Waals surface area (Å²) in [6.45, 7) is 1.43. The minimum absolute atomic E-state index is 0.192. The van der Waals surface area contributed by atoms with Gasteiger partial charge in [-0.05, 0) is 62.3 Å². The Balaban J connectivity index is 1.51. The van der Waals surface area contributed by atoms with Gasteiger partial charge in [0.1, 0.15) is 30.7 Å². The molecule has 1 saturated heterocycles. The number of nitrogens with one attached hydrogen (secondary N) is 1. The number of para-hydroxylation sites is 1. The lowest BCUT2D eigenvalue weighted by molar-refractivity contribution is 0.350. The molecule has 5 rings (SSSR count). The lowest BCUT2D eigenvalue weighted by Crippen LogP contribution is -2.30. The molecule has 0 amide bonds. The minimum atomic E-state index is 0.192. The van der Waals surface area contributed by atoms with Crippen LogP contribution in [-0.4, -0.2) is 32.8 Å². The van der Waals surface area contributed by atoms with Crippen LogP contribution in [0.4, 0.5) is 5.82 Å². The van der Waals surface area contributed by atoms with Crippen molar-refractivity contribution >= 4 is 16.9 Å². The van der Waals surface area contributed by atoms with Crippen LogP contribution in [0.2, 0.25) is 1.41 Å². The molecule has 4 aromatic rings. The van der Waals surface area contributed by atoms with Crippen LogP contribution in [-0.2, 0) is 0 Å². The standard InChI is InChI=1S/C22H22N6O/c23-21-19-20(15-6-8-18(9-7-15)29-17-4-2-1-3-5-17)27-28(22(19)26-14-25-21)16-10-12-24-13-11-16/h1-9,14,16,24H,10-13H2,(H2,23,25,26)/i/hD. The predicted molar refractivity (Wildman–Crippen MR) is 113 cm³/mol. The highest BCUT2D eigenvalue weighted by molar-refractivity contribution is 5.98. The molecule has 7 nitrogen and oxygen atoms in total. The largest absolute Gasteiger partial charge is 0.457 e. The Morgan fingerprint density at radius 2 is 1.72 bits per heavy atom. The maximum absolute atomic E-state index is 7.81. The van der Waals surface area contributed by atoms with Gasteiger partial charge in [0, 0.05) is 5.56 Å². The van der Waals surface area contributed by atoms with Crippen molar-refractivity contribution in [2.45, 2.75) is 18.9 Å². The third-order valence-electron chi connectivity index (χ3n) is 5.21. The van der Waals surface area contributed by atoms with E-state index in [1.165, 1.54) is 6.33 Å². The summed E-state index contributed by atoms with van der Waals surface area (Å²) in [7, 11) is 0. The molecule has 29 heavy (non-hydrogen) atoms. The molecule has 0 bridgehead atoms. The Bertz CT molecular complexity index is 1150. The summed E-state index contributed by atoms with van der Waals surface area (Å²) in [4.78, 5) is 8.67. The molecule has 0 radical (unpaired) electrons. The van der Waals surface area contributed by atoms with Crippen LogP contribution in [0.3, 0.4) is 0 Å². The van der Waals surface area contributed by atoms with E-state index in [2.05, 4.69) is 9.97 Å². The highest BCUT2D eigenvalue weighted by Crippen LogP contribution is 2.34. The second kappa shape index (κ2) is 7.52. The molecule has 0 spiro atoms. The van der Waals surface area contributed by atoms with Gasteiger partial charge in [0.25, 0.3) is 0 Å². The molecular weight excluding hydrogens is 364 g/mol. The number of ether oxygens (including phenoxy) is 1. The molecule has 0 atom stereocenters. The number of rotatable bonds is 4. The molecule has 7 heteroatoms. The molecule has 1 aliphatic rings. The van der Waals surface area contributed by atoms with E-state index < -0.39 is 0 Å². The molecule has 2 aromatic carbocycles. The van der Waals surface area contributed by atoms with E-state index in [1.54, 1.807) is 5.31 Å². The Labute approximate surface area is 170 Å². The fourth-order valence-electron chi connectivity index (χ4n) is 3.74. The van der Waals surface area contributed by atoms with Gasteiger partial charge in [0.05, 0.1) is 11.4 Å². The van der Waals surface area contributed by atoms with Crippen molar-refractivity contribution < 1.29 is 6.15 Å². The van der Waals surface area contributed by atoms with Gasteiger partial charge in [0.15, 0.2) is 5.65 Å². The average Bonchev–Trinajstić information content (AvgIpc) is 3.17. The normalized spacial score (nSPS) is 16.1. The van der Waals surface area contributed by atoms with Crippen molar-refractivity contribution in [1.29, 1.82) is 0 Å². The highest BCUT2D eigenvalue weighted by atomic mass is 16.5. The van der Waals surface area contributed by atoms with Gasteiger partial charge in [0.2, 0.25) is 0 Å². The monoisotopic (exact) mass is 387 g/mol. The van der Waals surface area contributed by atoms with Crippen LogP contribution in [0.25, 0.3) is 22.3 Å². The van der Waals surface area contributed by atoms with Crippen LogP contribution in [0.5, 0.6) is 11.5 Å². The number of piperidine rings is 1. The number of hydrogen-bond donors (Lipinski definition) is 2. The fourth-order valence-corrected chi connectivity index (χ4v) is 3.74. The van der Waals surface area contributed by atoms with E-state index in [4.69, 9.17) is 17.0 Å². The smallest absolute Gasteiger partial charge is 0.164 e. The molecule has 2 aromatic heterocycles. The second-order valence-electron chi connectivity index (χ2n) is 7.09. The molecule has 0 aliphatic carbocycles. The number of benzene rings is 2. The van der Waals surface area contributed by atoms with Crippen molar-refractivity contribution in [3.05, 3.63) is 60.9 Å². The summed E-state index contributed by atoms with van der Waals surface area (Å²) in [5.74, 6) is 1.96. The molecule has 146 valence electrons. The zero-order valence-corrected chi connectivity index (χ0v) is 15.9. The van der Waals surface area contributed by atoms with Gasteiger partial charge in [-0.2, -0.15) is 5.10 Å². The highest BCUT2D eigenvalue weighted by Gasteiger charge is 2.23. The number of anilines is 1. The van der Waals surface area contributed by atoms with Crippen molar-refractivity contribution in [3.63, 3.8) is 0 Å². The number of hydrogen-bond acceptors (Lipinski definition) is 6. The first-order valence-corrected chi connectivity index (χ1v) is 9.75. The summed E-state index contributed by atoms with van der Waals surface area (Å²) in [5.41, 5.74) is 8.66. The number of nitrogens with two attached hydrogens (primary N) is 1. The van der Waals surface area contributed by atoms with Crippen LogP contribution in [0.15, 0.2) is 60.9 Å². The second-order valence-corrected chi connectivity index (χ2v) is 7.09. The van der Waals surface area contributed by atoms with E-state index in [0.29, 0.717) is 18.9 Å². The van der Waals surface area contributed by atoms with Gasteiger partial charge in [-0.3, -0.25) is 0 Å². The lowest BCUT2D eigenvalue weighted by atomic mass is 10.1. The molecule has 1 aliphatic heterocycles. The topological polar surface area (TPSA) is 90.9 Å². The molecule has 1 fully saturated rings. The van der Waals surface area contributed by atoms with Crippen LogP contribution >= 0.6 is 0 Å². The summed E-state index contributed by atoms with van der Waals surface area (Å²) in [6, 6.07) is 17.7. The number of nitrogen functional groups attached to an aromatic ring is 1. The van der Waals surface area contributed by atoms with E-state index in [0.717, 1.165) is 46.6 Å². The summed E-state index contributed by atoms with van der Waals surface area (Å²) >= 11 is 0. The lowest BCUT2D eigenvalue weighted by Gasteiger charge is -2.23. The minimum Gasteiger partial charge on any atom is -0.457 e. The summed E-state index contributed by atoms with van der Waals surface area (Å²) in [6.07, 6.45) is 3.19. The Kier molecular flexibility index (Phi) is 4.28. The Morgan fingerprint density at radius 1 is 1.00 bits per heavy atom. The SMILES string of the molecule is [2H]N1CCC(n2nc(-c3ccc(Oc4ccccc4)cc3)c3c(N)ncnc32)CC1. The first-order chi connectivity index (χ1) is 14.7. The third-order valence-corrected chi connectivity index (χ3v) is 5.21. The average molecular weight is 387 g/mol. The van der Waals surface area contributed by atoms with Crippen molar-refractivity contribution in [3.8, 4) is 22.8 Å². The van der Waals surface area contributed by atoms with E-state index in [1.807, 2.05) is 59.3 Å². The first-order valence-electron chi connectivity index (χ1n) is 10.2. The number of aromatic nitrogens is 4. The number of nitrogens with zero attached hydrogens (tertiary/aromatic N) is 4. The Hall–Kier alpha value is -3.45. The van der Waals surface area contributed by atoms with Crippen LogP contribution < -0.4 is 15.8 Å². The van der Waals surface area contributed by atoms with E-state index in [-0.39, 0.29) is 6.04 Å². The molecule has 0 saturated carbocycles. The fraction of sp³-hybridized carbons (Fsp3) is 0.227. The summed E-state index contributed by atoms with van der Waals surface area (Å²) < 4.78 is 15.7. The van der Waals surface area contributed by atoms with Crippen molar-refractivity contribution in [2.75, 3.05) is 18.8 Å². The first kappa shape index (κ1) is 16.5. The van der Waals surface area contributed by atoms with Gasteiger partial charge < -0.3 is 15.8 Å². The maximum atomic E-state index is 7.81. The van der Waals surface area contributed by atoms with Gasteiger partial charge in [-0.15, -0.1) is 0 Å². The molecule has 3 N–H and O–H groups in total. The third kappa shape index (κ3) is 3.40. The zero-order chi connectivity index (χ0) is 20.5. The molecular formula is C22H22N6O. The quantitative estimate of drug-likeness (QED) is 0.554. The van der Waals surface area contributed by atoms with Gasteiger partial charge in [-0.25, -0.2) is 14.6 Å². The predicted octanol–water partition coefficient (Wildman–Crippen LogP) is 3.79. The van der Waals surface area contributed by atoms with Crippen LogP contribution in [0.1, 0.15) is 18.9 Å². The molecule has 0 unspecified atom stereocenters. The number of fused-ring (bicyclic) bond motifs is 1. The van der Waals surface area contributed by atoms with E-state index in [9.17, 15) is 0 Å². The zero-order valence-electron chi connectivity index (χ0n) is 16.9. The Morgan fingerprint density at radius 3 is 2.48 bits per heavy atom. The van der Waals surface area contributed by atoms with Crippen LogP contribution in [0, 0.1) is 0 Å². The summed E-state index contributed by atoms with van der Waals surface area (Å²) in [5, 5.41) is 7.26. The van der Waals surface area contributed by atoms with Crippen molar-refractivity contribution in [2.24, 2.45) is 0 Å². The van der Waals surface area contributed by atoms with E-state index >= 15 is 0 Å². The molecule has 3 heterocycles. The maximum Gasteiger partial charge on any atom is 0.164 e. The van der Waals surface area contributed by atoms with Crippen molar-refractivity contribution in [1.82, 2.24) is 25.1 Å². The van der Waals surface area contributed by atoms with Gasteiger partial charge >= 0.3 is 0 Å². The van der Waals surface area contributed by atoms with Gasteiger partial charge in [-0.1, -0.05) is 18.2 Å².